The standard InChI is InChI=1S/C17H19N/c1-11-8-9-12-15(10-11)18-14-7-5-6-13(16(12)14)17(2,3)4/h5-10,18H,1-4H3. The van der Waals surface area contributed by atoms with Crippen molar-refractivity contribution in [3.63, 3.8) is 0 Å². The van der Waals surface area contributed by atoms with Crippen LogP contribution in [0.2, 0.25) is 0 Å². The molecule has 0 atom stereocenters. The molecular weight excluding hydrogens is 218 g/mol. The molecular formula is C17H19N. The summed E-state index contributed by atoms with van der Waals surface area (Å²) in [7, 11) is 0. The summed E-state index contributed by atoms with van der Waals surface area (Å²) in [5, 5.41) is 2.71. The van der Waals surface area contributed by atoms with Crippen molar-refractivity contribution in [1.29, 1.82) is 0 Å². The van der Waals surface area contributed by atoms with Crippen LogP contribution in [0.25, 0.3) is 21.8 Å². The van der Waals surface area contributed by atoms with Gasteiger partial charge in [0.2, 0.25) is 0 Å². The number of aromatic amines is 1. The summed E-state index contributed by atoms with van der Waals surface area (Å²) in [5.74, 6) is 0. The highest BCUT2D eigenvalue weighted by atomic mass is 14.7. The maximum atomic E-state index is 3.53. The van der Waals surface area contributed by atoms with Gasteiger partial charge in [0.25, 0.3) is 0 Å². The number of aromatic nitrogens is 1. The van der Waals surface area contributed by atoms with Crippen LogP contribution >= 0.6 is 0 Å². The van der Waals surface area contributed by atoms with Crippen LogP contribution in [0, 0.1) is 6.92 Å². The Labute approximate surface area is 108 Å². The van der Waals surface area contributed by atoms with E-state index in [0.717, 1.165) is 0 Å². The van der Waals surface area contributed by atoms with Gasteiger partial charge in [-0.3, -0.25) is 0 Å². The van der Waals surface area contributed by atoms with Crippen molar-refractivity contribution in [3.8, 4) is 0 Å². The van der Waals surface area contributed by atoms with Crippen molar-refractivity contribution < 1.29 is 0 Å². The molecule has 0 fully saturated rings. The van der Waals surface area contributed by atoms with E-state index in [1.165, 1.54) is 32.9 Å². The summed E-state index contributed by atoms with van der Waals surface area (Å²) in [6.45, 7) is 8.95. The third-order valence-corrected chi connectivity index (χ3v) is 3.59. The molecule has 1 nitrogen and oxygen atoms in total. The van der Waals surface area contributed by atoms with Crippen LogP contribution in [0.1, 0.15) is 31.9 Å². The minimum absolute atomic E-state index is 0.166. The Hall–Kier alpha value is -1.76. The maximum absolute atomic E-state index is 3.53. The Morgan fingerprint density at radius 1 is 0.944 bits per heavy atom. The first kappa shape index (κ1) is 11.3. The van der Waals surface area contributed by atoms with E-state index in [4.69, 9.17) is 0 Å². The maximum Gasteiger partial charge on any atom is 0.0467 e. The summed E-state index contributed by atoms with van der Waals surface area (Å²) in [5.41, 5.74) is 5.35. The second-order valence-electron chi connectivity index (χ2n) is 6.15. The lowest BCUT2D eigenvalue weighted by Gasteiger charge is -2.20. The topological polar surface area (TPSA) is 15.8 Å². The van der Waals surface area contributed by atoms with Gasteiger partial charge in [-0.2, -0.15) is 0 Å². The zero-order chi connectivity index (χ0) is 12.9. The lowest BCUT2D eigenvalue weighted by Crippen LogP contribution is -2.11. The molecule has 1 aromatic heterocycles. The van der Waals surface area contributed by atoms with Crippen LogP contribution in [-0.4, -0.2) is 4.98 Å². The highest BCUT2D eigenvalue weighted by molar-refractivity contribution is 6.09. The Balaban J connectivity index is 2.49. The number of nitrogens with one attached hydrogen (secondary N) is 1. The van der Waals surface area contributed by atoms with Gasteiger partial charge in [0, 0.05) is 21.8 Å². The van der Waals surface area contributed by atoms with Gasteiger partial charge in [0.1, 0.15) is 0 Å². The van der Waals surface area contributed by atoms with E-state index in [9.17, 15) is 0 Å². The zero-order valence-corrected chi connectivity index (χ0v) is 11.5. The van der Waals surface area contributed by atoms with Crippen molar-refractivity contribution in [2.45, 2.75) is 33.1 Å². The average molecular weight is 237 g/mol. The molecule has 3 rings (SSSR count). The third-order valence-electron chi connectivity index (χ3n) is 3.59. The molecule has 1 N–H and O–H groups in total. The molecule has 0 saturated carbocycles. The van der Waals surface area contributed by atoms with Crippen LogP contribution in [0.4, 0.5) is 0 Å². The lowest BCUT2D eigenvalue weighted by molar-refractivity contribution is 0.596. The van der Waals surface area contributed by atoms with Gasteiger partial charge in [0.05, 0.1) is 0 Å². The Kier molecular flexibility index (Phi) is 2.28. The van der Waals surface area contributed by atoms with Gasteiger partial charge in [-0.15, -0.1) is 0 Å². The van der Waals surface area contributed by atoms with Crippen molar-refractivity contribution >= 4 is 21.8 Å². The number of hydrogen-bond acceptors (Lipinski definition) is 0. The molecule has 1 heteroatoms. The van der Waals surface area contributed by atoms with Gasteiger partial charge in [-0.25, -0.2) is 0 Å². The lowest BCUT2D eigenvalue weighted by atomic mass is 9.84. The summed E-state index contributed by atoms with van der Waals surface area (Å²) < 4.78 is 0. The second-order valence-corrected chi connectivity index (χ2v) is 6.15. The van der Waals surface area contributed by atoms with E-state index < -0.39 is 0 Å². The quantitative estimate of drug-likeness (QED) is 0.570. The highest BCUT2D eigenvalue weighted by Crippen LogP contribution is 2.35. The van der Waals surface area contributed by atoms with E-state index in [2.05, 4.69) is 69.1 Å². The fourth-order valence-electron chi connectivity index (χ4n) is 2.70. The van der Waals surface area contributed by atoms with Gasteiger partial charge in [-0.1, -0.05) is 45.0 Å². The van der Waals surface area contributed by atoms with E-state index in [0.29, 0.717) is 0 Å². The van der Waals surface area contributed by atoms with E-state index in [-0.39, 0.29) is 5.41 Å². The highest BCUT2D eigenvalue weighted by Gasteiger charge is 2.19. The van der Waals surface area contributed by atoms with Crippen LogP contribution in [0.5, 0.6) is 0 Å². The van der Waals surface area contributed by atoms with Crippen LogP contribution in [-0.2, 0) is 5.41 Å². The normalized spacial score (nSPS) is 12.4. The molecule has 1 heterocycles. The molecule has 0 saturated heterocycles. The predicted octanol–water partition coefficient (Wildman–Crippen LogP) is 4.93. The average Bonchev–Trinajstić information content (AvgIpc) is 2.64. The molecule has 0 aliphatic carbocycles. The number of benzene rings is 2. The Morgan fingerprint density at radius 3 is 2.44 bits per heavy atom. The van der Waals surface area contributed by atoms with Gasteiger partial charge < -0.3 is 4.98 Å². The van der Waals surface area contributed by atoms with Crippen LogP contribution < -0.4 is 0 Å². The first-order valence-corrected chi connectivity index (χ1v) is 6.48. The molecule has 0 bridgehead atoms. The molecule has 18 heavy (non-hydrogen) atoms. The summed E-state index contributed by atoms with van der Waals surface area (Å²) >= 11 is 0. The number of hydrogen-bond donors (Lipinski definition) is 1. The molecule has 0 amide bonds. The zero-order valence-electron chi connectivity index (χ0n) is 11.5. The van der Waals surface area contributed by atoms with Crippen molar-refractivity contribution in [2.75, 3.05) is 0 Å². The molecule has 0 radical (unpaired) electrons. The SMILES string of the molecule is Cc1ccc2c(c1)[nH]c1cccc(C(C)(C)C)c12. The summed E-state index contributed by atoms with van der Waals surface area (Å²) in [4.78, 5) is 3.53. The number of H-pyrrole nitrogens is 1. The van der Waals surface area contributed by atoms with Crippen molar-refractivity contribution in [2.24, 2.45) is 0 Å². The third kappa shape index (κ3) is 1.62. The van der Waals surface area contributed by atoms with Crippen molar-refractivity contribution in [3.05, 3.63) is 47.5 Å². The fraction of sp³-hybridized carbons (Fsp3) is 0.294. The van der Waals surface area contributed by atoms with Gasteiger partial charge in [-0.05, 0) is 35.6 Å². The molecule has 0 aliphatic heterocycles. The van der Waals surface area contributed by atoms with Gasteiger partial charge in [0.15, 0.2) is 0 Å². The number of rotatable bonds is 0. The molecule has 0 spiro atoms. The fourth-order valence-corrected chi connectivity index (χ4v) is 2.70. The van der Waals surface area contributed by atoms with Gasteiger partial charge >= 0.3 is 0 Å². The van der Waals surface area contributed by atoms with E-state index in [1.54, 1.807) is 0 Å². The van der Waals surface area contributed by atoms with Crippen molar-refractivity contribution in [1.82, 2.24) is 4.98 Å². The first-order chi connectivity index (χ1) is 8.47. The Bertz CT molecular complexity index is 726. The molecule has 0 aliphatic rings. The largest absolute Gasteiger partial charge is 0.354 e. The van der Waals surface area contributed by atoms with Crippen LogP contribution in [0.15, 0.2) is 36.4 Å². The molecule has 3 aromatic rings. The summed E-state index contributed by atoms with van der Waals surface area (Å²) in [6, 6.07) is 13.2. The Morgan fingerprint density at radius 2 is 1.72 bits per heavy atom. The van der Waals surface area contributed by atoms with Crippen LogP contribution in [0.3, 0.4) is 0 Å². The molecule has 2 aromatic carbocycles. The summed E-state index contributed by atoms with van der Waals surface area (Å²) in [6.07, 6.45) is 0. The first-order valence-electron chi connectivity index (χ1n) is 6.48. The smallest absolute Gasteiger partial charge is 0.0467 e. The molecule has 0 unspecified atom stereocenters. The number of fused-ring (bicyclic) bond motifs is 3. The minimum Gasteiger partial charge on any atom is -0.354 e. The van der Waals surface area contributed by atoms with E-state index in [1.807, 2.05) is 0 Å². The predicted molar refractivity (Wildman–Crippen MR) is 79.2 cm³/mol. The van der Waals surface area contributed by atoms with E-state index >= 15 is 0 Å². The number of aryl methyl sites for hydroxylation is 1. The molecule has 92 valence electrons. The second kappa shape index (κ2) is 3.61. The monoisotopic (exact) mass is 237 g/mol. The minimum atomic E-state index is 0.166.